The summed E-state index contributed by atoms with van der Waals surface area (Å²) in [6.07, 6.45) is 3.77. The number of hydrogen-bond donors (Lipinski definition) is 0. The second-order valence-corrected chi connectivity index (χ2v) is 11.6. The second-order valence-electron chi connectivity index (χ2n) is 9.61. The molecule has 43 heavy (non-hydrogen) atoms. The minimum absolute atomic E-state index is 0.190. The molecule has 0 saturated heterocycles. The van der Waals surface area contributed by atoms with Crippen LogP contribution in [0.5, 0.6) is 11.5 Å². The van der Waals surface area contributed by atoms with Crippen LogP contribution in [0.3, 0.4) is 0 Å². The zero-order valence-corrected chi connectivity index (χ0v) is 25.6. The van der Waals surface area contributed by atoms with Crippen molar-refractivity contribution in [1.82, 2.24) is 14.3 Å². The molecule has 0 amide bonds. The predicted molar refractivity (Wildman–Crippen MR) is 167 cm³/mol. The third-order valence-electron chi connectivity index (χ3n) is 7.04. The van der Waals surface area contributed by atoms with Gasteiger partial charge in [-0.3, -0.25) is 9.36 Å². The molecule has 0 N–H and O–H groups in total. The number of esters is 1. The van der Waals surface area contributed by atoms with Gasteiger partial charge in [-0.05, 0) is 61.2 Å². The van der Waals surface area contributed by atoms with Crippen LogP contribution in [0.15, 0.2) is 93.3 Å². The summed E-state index contributed by atoms with van der Waals surface area (Å²) >= 11 is 2.85. The van der Waals surface area contributed by atoms with Gasteiger partial charge >= 0.3 is 5.97 Å². The lowest BCUT2D eigenvalue weighted by atomic mass is 9.95. The molecule has 0 spiro atoms. The molecule has 1 aliphatic rings. The number of allylic oxidation sites excluding steroid dienone is 1. The van der Waals surface area contributed by atoms with Crippen LogP contribution in [-0.2, 0) is 9.53 Å². The number of para-hydroxylation sites is 1. The summed E-state index contributed by atoms with van der Waals surface area (Å²) in [5.74, 6) is 0.490. The van der Waals surface area contributed by atoms with Crippen molar-refractivity contribution in [3.8, 4) is 27.8 Å². The summed E-state index contributed by atoms with van der Waals surface area (Å²) in [4.78, 5) is 33.7. The summed E-state index contributed by atoms with van der Waals surface area (Å²) in [7, 11) is 3.10. The Morgan fingerprint density at radius 2 is 1.84 bits per heavy atom. The van der Waals surface area contributed by atoms with Crippen molar-refractivity contribution in [2.45, 2.75) is 19.9 Å². The molecular weight excluding hydrogens is 585 g/mol. The molecular formula is C32H28N4O5S2. The molecule has 1 atom stereocenters. The monoisotopic (exact) mass is 612 g/mol. The number of nitrogens with zero attached hydrogens (tertiary/aromatic N) is 4. The predicted octanol–water partition coefficient (Wildman–Crippen LogP) is 4.73. The van der Waals surface area contributed by atoms with Gasteiger partial charge in [0.25, 0.3) is 5.56 Å². The molecule has 4 heterocycles. The van der Waals surface area contributed by atoms with E-state index in [0.29, 0.717) is 37.7 Å². The average Bonchev–Trinajstić information content (AvgIpc) is 3.77. The molecule has 1 unspecified atom stereocenters. The van der Waals surface area contributed by atoms with Crippen LogP contribution in [0.1, 0.15) is 31.0 Å². The zero-order chi connectivity index (χ0) is 30.1. The first-order valence-corrected chi connectivity index (χ1v) is 15.2. The number of carbonyl (C=O) groups excluding carboxylic acids is 1. The highest BCUT2D eigenvalue weighted by Crippen LogP contribution is 2.36. The van der Waals surface area contributed by atoms with Crippen LogP contribution in [0.25, 0.3) is 22.3 Å². The van der Waals surface area contributed by atoms with E-state index in [4.69, 9.17) is 24.3 Å². The van der Waals surface area contributed by atoms with Crippen molar-refractivity contribution in [3.63, 3.8) is 0 Å². The van der Waals surface area contributed by atoms with Crippen molar-refractivity contribution in [2.24, 2.45) is 4.99 Å². The van der Waals surface area contributed by atoms with Gasteiger partial charge in [-0.1, -0.05) is 41.7 Å². The van der Waals surface area contributed by atoms with E-state index in [1.165, 1.54) is 11.3 Å². The minimum Gasteiger partial charge on any atom is -0.493 e. The summed E-state index contributed by atoms with van der Waals surface area (Å²) in [5, 5.41) is 6.87. The normalized spacial score (nSPS) is 14.8. The fourth-order valence-electron chi connectivity index (χ4n) is 5.08. The van der Waals surface area contributed by atoms with Crippen LogP contribution in [-0.4, -0.2) is 41.1 Å². The maximum absolute atomic E-state index is 14.2. The number of methoxy groups -OCH3 is 2. The Balaban J connectivity index is 1.56. The van der Waals surface area contributed by atoms with Crippen molar-refractivity contribution in [1.29, 1.82) is 0 Å². The lowest BCUT2D eigenvalue weighted by Gasteiger charge is -2.25. The van der Waals surface area contributed by atoms with E-state index in [2.05, 4.69) is 0 Å². The molecule has 3 aromatic heterocycles. The fraction of sp³-hybridized carbons (Fsp3) is 0.188. The summed E-state index contributed by atoms with van der Waals surface area (Å²) in [6, 6.07) is 18.4. The maximum atomic E-state index is 14.2. The lowest BCUT2D eigenvalue weighted by molar-refractivity contribution is -0.139. The maximum Gasteiger partial charge on any atom is 0.338 e. The summed E-state index contributed by atoms with van der Waals surface area (Å²) < 4.78 is 20.2. The molecule has 5 aromatic rings. The highest BCUT2D eigenvalue weighted by atomic mass is 32.1. The molecule has 0 bridgehead atoms. The molecule has 9 nitrogen and oxygen atoms in total. The van der Waals surface area contributed by atoms with E-state index in [1.54, 1.807) is 56.1 Å². The molecule has 0 radical (unpaired) electrons. The Bertz CT molecular complexity index is 2020. The van der Waals surface area contributed by atoms with Gasteiger partial charge in [0, 0.05) is 11.8 Å². The van der Waals surface area contributed by atoms with Crippen LogP contribution >= 0.6 is 22.7 Å². The van der Waals surface area contributed by atoms with Crippen molar-refractivity contribution >= 4 is 34.7 Å². The van der Waals surface area contributed by atoms with Gasteiger partial charge in [-0.15, -0.1) is 11.3 Å². The Labute approximate surface area is 255 Å². The standard InChI is InChI=1S/C32H28N4O5S2/c1-5-41-31(38)27-19(2)33-32-36(29(27)20-13-14-23(39-3)24(16-20)40-4)30(37)26(43-32)17-21-18-35(22-10-7-6-8-11-22)34-28(21)25-12-9-15-42-25/h6-18,29H,5H2,1-4H3/b26-17+. The third kappa shape index (κ3) is 5.21. The van der Waals surface area contributed by atoms with E-state index in [-0.39, 0.29) is 12.2 Å². The Kier molecular flexibility index (Phi) is 7.83. The zero-order valence-electron chi connectivity index (χ0n) is 23.9. The number of carbonyl (C=O) groups is 1. The van der Waals surface area contributed by atoms with E-state index in [9.17, 15) is 9.59 Å². The highest BCUT2D eigenvalue weighted by Gasteiger charge is 2.34. The molecule has 0 fully saturated rings. The summed E-state index contributed by atoms with van der Waals surface area (Å²) in [5.41, 5.74) is 3.64. The van der Waals surface area contributed by atoms with Crippen LogP contribution in [0, 0.1) is 0 Å². The summed E-state index contributed by atoms with van der Waals surface area (Å²) in [6.45, 7) is 3.70. The van der Waals surface area contributed by atoms with Gasteiger partial charge in [0.1, 0.15) is 5.69 Å². The van der Waals surface area contributed by atoms with Crippen molar-refractivity contribution in [2.75, 3.05) is 20.8 Å². The Morgan fingerprint density at radius 3 is 2.53 bits per heavy atom. The number of thiophene rings is 1. The number of thiazole rings is 1. The Hall–Kier alpha value is -4.74. The van der Waals surface area contributed by atoms with Gasteiger partial charge in [0.05, 0.1) is 53.2 Å². The SMILES string of the molecule is CCOC(=O)C1=C(C)N=c2s/c(=C/c3cn(-c4ccccc4)nc3-c3cccs3)c(=O)n2C1c1ccc(OC)c(OC)c1. The van der Waals surface area contributed by atoms with Crippen molar-refractivity contribution in [3.05, 3.63) is 114 Å². The molecule has 0 saturated carbocycles. The molecule has 218 valence electrons. The van der Waals surface area contributed by atoms with E-state index >= 15 is 0 Å². The molecule has 6 rings (SSSR count). The largest absolute Gasteiger partial charge is 0.493 e. The van der Waals surface area contributed by atoms with Gasteiger partial charge in [-0.25, -0.2) is 14.5 Å². The number of ether oxygens (including phenoxy) is 3. The second kappa shape index (κ2) is 11.9. The number of hydrogen-bond acceptors (Lipinski definition) is 9. The van der Waals surface area contributed by atoms with Crippen molar-refractivity contribution < 1.29 is 19.0 Å². The van der Waals surface area contributed by atoms with Crippen LogP contribution in [0.4, 0.5) is 0 Å². The number of aromatic nitrogens is 3. The van der Waals surface area contributed by atoms with Gasteiger partial charge in [0.15, 0.2) is 16.3 Å². The molecule has 11 heteroatoms. The fourth-order valence-corrected chi connectivity index (χ4v) is 6.85. The molecule has 2 aromatic carbocycles. The third-order valence-corrected chi connectivity index (χ3v) is 8.90. The number of rotatable bonds is 8. The number of benzene rings is 2. The van der Waals surface area contributed by atoms with Crippen LogP contribution in [0.2, 0.25) is 0 Å². The van der Waals surface area contributed by atoms with E-state index < -0.39 is 12.0 Å². The highest BCUT2D eigenvalue weighted by molar-refractivity contribution is 7.13. The lowest BCUT2D eigenvalue weighted by Crippen LogP contribution is -2.40. The van der Waals surface area contributed by atoms with Crippen LogP contribution < -0.4 is 24.4 Å². The van der Waals surface area contributed by atoms with E-state index in [0.717, 1.165) is 21.8 Å². The minimum atomic E-state index is -0.777. The quantitative estimate of drug-likeness (QED) is 0.235. The first kappa shape index (κ1) is 28.4. The first-order valence-electron chi connectivity index (χ1n) is 13.5. The van der Waals surface area contributed by atoms with Gasteiger partial charge in [-0.2, -0.15) is 5.10 Å². The van der Waals surface area contributed by atoms with Gasteiger partial charge in [0.2, 0.25) is 0 Å². The molecule has 1 aliphatic heterocycles. The molecule has 0 aliphatic carbocycles. The first-order chi connectivity index (χ1) is 20.9. The Morgan fingerprint density at radius 1 is 1.05 bits per heavy atom. The number of fused-ring (bicyclic) bond motifs is 1. The van der Waals surface area contributed by atoms with E-state index in [1.807, 2.05) is 70.9 Å². The smallest absolute Gasteiger partial charge is 0.338 e. The topological polar surface area (TPSA) is 96.9 Å². The average molecular weight is 613 g/mol. The van der Waals surface area contributed by atoms with Gasteiger partial charge < -0.3 is 14.2 Å².